The number of hydrogen-bond donors (Lipinski definition) is 1. The molecule has 0 radical (unpaired) electrons. The van der Waals surface area contributed by atoms with Crippen LogP contribution in [0, 0.1) is 0 Å². The number of benzene rings is 1. The molecule has 0 unspecified atom stereocenters. The number of likely N-dealkylation sites (tertiary alicyclic amines) is 1. The fraction of sp³-hybridized carbons (Fsp3) is 0.588. The average molecular weight is 357 g/mol. The van der Waals surface area contributed by atoms with Crippen molar-refractivity contribution in [3.8, 4) is 5.75 Å². The molecule has 2 heterocycles. The second kappa shape index (κ2) is 6.52. The number of rotatable bonds is 3. The summed E-state index contributed by atoms with van der Waals surface area (Å²) in [7, 11) is 0. The molecule has 2 atom stereocenters. The lowest BCUT2D eigenvalue weighted by Gasteiger charge is -2.47. The van der Waals surface area contributed by atoms with Crippen molar-refractivity contribution in [2.24, 2.45) is 0 Å². The zero-order valence-electron chi connectivity index (χ0n) is 13.7. The van der Waals surface area contributed by atoms with Crippen molar-refractivity contribution in [2.45, 2.75) is 61.5 Å². The van der Waals surface area contributed by atoms with Gasteiger partial charge in [0.25, 0.3) is 5.76 Å². The van der Waals surface area contributed by atoms with E-state index in [1.165, 1.54) is 0 Å². The third kappa shape index (κ3) is 3.24. The third-order valence-corrected chi connectivity index (χ3v) is 5.31. The molecule has 0 aliphatic carbocycles. The Kier molecular flexibility index (Phi) is 4.75. The zero-order chi connectivity index (χ0) is 17.5. The lowest BCUT2D eigenvalue weighted by molar-refractivity contribution is -0.147. The molecule has 1 fully saturated rings. The van der Waals surface area contributed by atoms with Crippen LogP contribution in [0.4, 0.5) is 8.78 Å². The van der Waals surface area contributed by atoms with Crippen LogP contribution in [0.5, 0.6) is 5.75 Å². The Morgan fingerprint density at radius 1 is 1.38 bits per heavy atom. The molecule has 7 heteroatoms. The van der Waals surface area contributed by atoms with E-state index in [0.29, 0.717) is 40.9 Å². The van der Waals surface area contributed by atoms with Gasteiger partial charge in [-0.3, -0.25) is 4.79 Å². The minimum atomic E-state index is -2.52. The highest BCUT2D eigenvalue weighted by molar-refractivity contribution is 7.99. The van der Waals surface area contributed by atoms with Gasteiger partial charge >= 0.3 is 0 Å². The summed E-state index contributed by atoms with van der Waals surface area (Å²) in [6, 6.07) is 4.26. The van der Waals surface area contributed by atoms with E-state index in [2.05, 4.69) is 0 Å². The Morgan fingerprint density at radius 2 is 2.12 bits per heavy atom. The highest BCUT2D eigenvalue weighted by Gasteiger charge is 2.47. The number of fused-ring (bicyclic) bond motifs is 1. The topological polar surface area (TPSA) is 49.8 Å². The molecular formula is C17H21F2NO3S. The van der Waals surface area contributed by atoms with Gasteiger partial charge in [-0.15, -0.1) is 0 Å². The Bertz CT molecular complexity index is 638. The van der Waals surface area contributed by atoms with Gasteiger partial charge in [0.2, 0.25) is 5.91 Å². The van der Waals surface area contributed by atoms with Crippen molar-refractivity contribution < 1.29 is 23.4 Å². The fourth-order valence-electron chi connectivity index (χ4n) is 3.38. The SMILES string of the molecule is CC1(C)Oc2ccc(SC(F)F)cc2[C@@H](N2CCCCC2=O)[C@@H]1O. The number of nitrogens with zero attached hydrogens (tertiary/aromatic N) is 1. The molecule has 0 aromatic heterocycles. The van der Waals surface area contributed by atoms with Gasteiger partial charge < -0.3 is 14.7 Å². The van der Waals surface area contributed by atoms with Crippen LogP contribution in [0.3, 0.4) is 0 Å². The molecule has 0 spiro atoms. The predicted octanol–water partition coefficient (Wildman–Crippen LogP) is 3.59. The van der Waals surface area contributed by atoms with Crippen LogP contribution >= 0.6 is 11.8 Å². The molecule has 24 heavy (non-hydrogen) atoms. The van der Waals surface area contributed by atoms with E-state index in [4.69, 9.17) is 4.74 Å². The van der Waals surface area contributed by atoms with Gasteiger partial charge in [0.05, 0.1) is 6.04 Å². The number of thioether (sulfide) groups is 1. The first-order valence-corrected chi connectivity index (χ1v) is 8.93. The van der Waals surface area contributed by atoms with Crippen LogP contribution in [-0.4, -0.2) is 39.9 Å². The van der Waals surface area contributed by atoms with Crippen LogP contribution in [0.1, 0.15) is 44.7 Å². The molecule has 4 nitrogen and oxygen atoms in total. The smallest absolute Gasteiger partial charge is 0.288 e. The number of aliphatic hydroxyl groups excluding tert-OH is 1. The number of piperidine rings is 1. The van der Waals surface area contributed by atoms with Gasteiger partial charge in [0.15, 0.2) is 0 Å². The van der Waals surface area contributed by atoms with Gasteiger partial charge in [-0.25, -0.2) is 0 Å². The summed E-state index contributed by atoms with van der Waals surface area (Å²) in [6.07, 6.45) is 1.23. The van der Waals surface area contributed by atoms with Crippen LogP contribution in [0.2, 0.25) is 0 Å². The van der Waals surface area contributed by atoms with Gasteiger partial charge in [-0.1, -0.05) is 11.8 Å². The molecule has 0 bridgehead atoms. The first kappa shape index (κ1) is 17.5. The van der Waals surface area contributed by atoms with Crippen LogP contribution < -0.4 is 4.74 Å². The zero-order valence-corrected chi connectivity index (χ0v) is 14.5. The Balaban J connectivity index is 2.04. The quantitative estimate of drug-likeness (QED) is 0.840. The molecular weight excluding hydrogens is 336 g/mol. The van der Waals surface area contributed by atoms with E-state index in [-0.39, 0.29) is 5.91 Å². The monoisotopic (exact) mass is 357 g/mol. The fourth-order valence-corrected chi connectivity index (χ4v) is 3.93. The number of ether oxygens (including phenoxy) is 1. The summed E-state index contributed by atoms with van der Waals surface area (Å²) in [4.78, 5) is 14.4. The first-order chi connectivity index (χ1) is 11.3. The van der Waals surface area contributed by atoms with Crippen LogP contribution in [0.25, 0.3) is 0 Å². The Labute approximate surface area is 144 Å². The van der Waals surface area contributed by atoms with Crippen molar-refractivity contribution in [3.05, 3.63) is 23.8 Å². The van der Waals surface area contributed by atoms with Crippen LogP contribution in [-0.2, 0) is 4.79 Å². The molecule has 132 valence electrons. The molecule has 2 aliphatic rings. The van der Waals surface area contributed by atoms with Crippen LogP contribution in [0.15, 0.2) is 23.1 Å². The third-order valence-electron chi connectivity index (χ3n) is 4.61. The predicted molar refractivity (Wildman–Crippen MR) is 87.3 cm³/mol. The number of alkyl halides is 2. The first-order valence-electron chi connectivity index (χ1n) is 8.05. The summed E-state index contributed by atoms with van der Waals surface area (Å²) < 4.78 is 31.2. The Morgan fingerprint density at radius 3 is 2.79 bits per heavy atom. The van der Waals surface area contributed by atoms with E-state index in [0.717, 1.165) is 12.8 Å². The van der Waals surface area contributed by atoms with E-state index in [1.54, 1.807) is 36.9 Å². The van der Waals surface area contributed by atoms with Gasteiger partial charge in [-0.05, 0) is 44.9 Å². The Hall–Kier alpha value is -1.34. The number of halogens is 2. The van der Waals surface area contributed by atoms with Crippen molar-refractivity contribution in [2.75, 3.05) is 6.54 Å². The molecule has 1 aromatic carbocycles. The maximum Gasteiger partial charge on any atom is 0.288 e. The molecule has 0 saturated carbocycles. The summed E-state index contributed by atoms with van der Waals surface area (Å²) >= 11 is 0.448. The number of carbonyl (C=O) groups is 1. The number of hydrogen-bond acceptors (Lipinski definition) is 4. The molecule has 1 aromatic rings. The van der Waals surface area contributed by atoms with Crippen molar-refractivity contribution in [1.29, 1.82) is 0 Å². The maximum atomic E-state index is 12.7. The standard InChI is InChI=1S/C17H21F2NO3S/c1-17(2)15(22)14(20-8-4-3-5-13(20)21)11-9-10(24-16(18)19)6-7-12(11)23-17/h6-7,9,14-16,22H,3-5,8H2,1-2H3/t14-,15+/m1/s1. The normalized spacial score (nSPS) is 26.2. The molecule has 1 amide bonds. The number of carbonyl (C=O) groups excluding carboxylic acids is 1. The van der Waals surface area contributed by atoms with Gasteiger partial charge in [0.1, 0.15) is 17.5 Å². The minimum Gasteiger partial charge on any atom is -0.485 e. The molecule has 3 rings (SSSR count). The van der Waals surface area contributed by atoms with E-state index >= 15 is 0 Å². The largest absolute Gasteiger partial charge is 0.485 e. The minimum absolute atomic E-state index is 0.0131. The highest BCUT2D eigenvalue weighted by Crippen LogP contribution is 2.45. The van der Waals surface area contributed by atoms with E-state index < -0.39 is 23.5 Å². The van der Waals surface area contributed by atoms with Crippen molar-refractivity contribution in [3.63, 3.8) is 0 Å². The lowest BCUT2D eigenvalue weighted by Crippen LogP contribution is -2.55. The maximum absolute atomic E-state index is 12.7. The second-order valence-electron chi connectivity index (χ2n) is 6.72. The number of aliphatic hydroxyl groups is 1. The highest BCUT2D eigenvalue weighted by atomic mass is 32.2. The molecule has 1 saturated heterocycles. The molecule has 2 aliphatic heterocycles. The number of amides is 1. The van der Waals surface area contributed by atoms with Crippen molar-refractivity contribution in [1.82, 2.24) is 4.90 Å². The van der Waals surface area contributed by atoms with Gasteiger partial charge in [-0.2, -0.15) is 8.78 Å². The summed E-state index contributed by atoms with van der Waals surface area (Å²) in [6.45, 7) is 4.09. The summed E-state index contributed by atoms with van der Waals surface area (Å²) in [5, 5.41) is 10.8. The lowest BCUT2D eigenvalue weighted by atomic mass is 9.84. The van der Waals surface area contributed by atoms with Crippen molar-refractivity contribution >= 4 is 17.7 Å². The van der Waals surface area contributed by atoms with E-state index in [1.807, 2.05) is 0 Å². The summed E-state index contributed by atoms with van der Waals surface area (Å²) in [5.74, 6) is -2.00. The molecule has 1 N–H and O–H groups in total. The average Bonchev–Trinajstić information content (AvgIpc) is 2.50. The summed E-state index contributed by atoms with van der Waals surface area (Å²) in [5.41, 5.74) is -0.269. The van der Waals surface area contributed by atoms with Gasteiger partial charge in [0, 0.05) is 23.4 Å². The second-order valence-corrected chi connectivity index (χ2v) is 7.78. The van der Waals surface area contributed by atoms with E-state index in [9.17, 15) is 18.7 Å².